The Morgan fingerprint density at radius 1 is 1.07 bits per heavy atom. The number of ether oxygens (including phenoxy) is 2. The summed E-state index contributed by atoms with van der Waals surface area (Å²) >= 11 is 0. The quantitative estimate of drug-likeness (QED) is 0.710. The highest BCUT2D eigenvalue weighted by Gasteiger charge is 2.18. The van der Waals surface area contributed by atoms with E-state index in [0.29, 0.717) is 13.2 Å². The van der Waals surface area contributed by atoms with Crippen LogP contribution in [-0.4, -0.2) is 31.6 Å². The van der Waals surface area contributed by atoms with Gasteiger partial charge in [0.05, 0.1) is 6.61 Å². The minimum atomic E-state index is -0.704. The highest BCUT2D eigenvalue weighted by molar-refractivity contribution is 5.86. The molecule has 2 rings (SSSR count). The summed E-state index contributed by atoms with van der Waals surface area (Å²) in [6.07, 6.45) is 0. The Labute approximate surface area is 159 Å². The second-order valence-electron chi connectivity index (χ2n) is 6.35. The first kappa shape index (κ1) is 20.5. The number of aryl methyl sites for hydroxylation is 1. The third-order valence-electron chi connectivity index (χ3n) is 3.91. The minimum absolute atomic E-state index is 0.122. The Balaban J connectivity index is 1.84. The van der Waals surface area contributed by atoms with E-state index in [1.54, 1.807) is 0 Å². The Bertz CT molecular complexity index is 759. The third kappa shape index (κ3) is 7.11. The molecule has 2 aromatic rings. The molecule has 0 saturated heterocycles. The molecule has 2 N–H and O–H groups in total. The number of rotatable bonds is 9. The van der Waals surface area contributed by atoms with Gasteiger partial charge in [-0.3, -0.25) is 9.59 Å². The van der Waals surface area contributed by atoms with Gasteiger partial charge in [-0.1, -0.05) is 42.0 Å². The van der Waals surface area contributed by atoms with Crippen molar-refractivity contribution in [2.75, 3.05) is 13.7 Å². The Kier molecular flexibility index (Phi) is 7.82. The molecule has 6 heteroatoms. The van der Waals surface area contributed by atoms with Gasteiger partial charge >= 0.3 is 0 Å². The fourth-order valence-corrected chi connectivity index (χ4v) is 2.58. The monoisotopic (exact) mass is 370 g/mol. The summed E-state index contributed by atoms with van der Waals surface area (Å²) in [4.78, 5) is 23.3. The van der Waals surface area contributed by atoms with E-state index in [-0.39, 0.29) is 18.4 Å². The van der Waals surface area contributed by atoms with E-state index in [1.165, 1.54) is 19.6 Å². The second-order valence-corrected chi connectivity index (χ2v) is 6.35. The molecule has 0 unspecified atom stereocenters. The zero-order valence-corrected chi connectivity index (χ0v) is 16.0. The van der Waals surface area contributed by atoms with Gasteiger partial charge in [0, 0.05) is 20.6 Å². The predicted octanol–water partition coefficient (Wildman–Crippen LogP) is 2.34. The molecule has 0 heterocycles. The van der Waals surface area contributed by atoms with E-state index in [1.807, 2.05) is 36.4 Å². The highest BCUT2D eigenvalue weighted by Crippen LogP contribution is 2.15. The van der Waals surface area contributed by atoms with Gasteiger partial charge in [0.15, 0.2) is 0 Å². The van der Waals surface area contributed by atoms with Crippen molar-refractivity contribution >= 4 is 11.8 Å². The van der Waals surface area contributed by atoms with E-state index >= 15 is 0 Å². The summed E-state index contributed by atoms with van der Waals surface area (Å²) in [5.41, 5.74) is 3.26. The van der Waals surface area contributed by atoms with E-state index in [9.17, 15) is 9.59 Å². The first-order valence-electron chi connectivity index (χ1n) is 8.79. The Morgan fingerprint density at radius 3 is 2.44 bits per heavy atom. The molecule has 27 heavy (non-hydrogen) atoms. The van der Waals surface area contributed by atoms with E-state index in [2.05, 4.69) is 29.7 Å². The van der Waals surface area contributed by atoms with Crippen molar-refractivity contribution in [3.8, 4) is 5.75 Å². The molecule has 0 fully saturated rings. The summed E-state index contributed by atoms with van der Waals surface area (Å²) in [5, 5.41) is 5.36. The molecule has 0 aliphatic carbocycles. The van der Waals surface area contributed by atoms with Crippen molar-refractivity contribution in [2.45, 2.75) is 33.0 Å². The van der Waals surface area contributed by atoms with Crippen LogP contribution in [-0.2, 0) is 27.5 Å². The molecule has 6 nitrogen and oxygen atoms in total. The molecule has 2 amide bonds. The van der Waals surface area contributed by atoms with Gasteiger partial charge in [-0.25, -0.2) is 0 Å². The Hall–Kier alpha value is -2.86. The average Bonchev–Trinajstić information content (AvgIpc) is 2.64. The predicted molar refractivity (Wildman–Crippen MR) is 103 cm³/mol. The molecule has 2 aromatic carbocycles. The van der Waals surface area contributed by atoms with Gasteiger partial charge < -0.3 is 20.1 Å². The van der Waals surface area contributed by atoms with Crippen LogP contribution in [0.1, 0.15) is 23.6 Å². The van der Waals surface area contributed by atoms with Crippen molar-refractivity contribution in [3.05, 3.63) is 65.2 Å². The number of carbonyl (C=O) groups is 2. The lowest BCUT2D eigenvalue weighted by molar-refractivity contribution is -0.129. The SMILES string of the molecule is COC[C@@H](NC(C)=O)C(=O)NCc1ccc(OCc2cccc(C)c2)cc1. The van der Waals surface area contributed by atoms with Gasteiger partial charge in [-0.05, 0) is 30.2 Å². The molecule has 0 aromatic heterocycles. The van der Waals surface area contributed by atoms with Crippen molar-refractivity contribution in [1.29, 1.82) is 0 Å². The fourth-order valence-electron chi connectivity index (χ4n) is 2.58. The van der Waals surface area contributed by atoms with Gasteiger partial charge in [-0.2, -0.15) is 0 Å². The standard InChI is InChI=1S/C21H26N2O4/c1-15-5-4-6-18(11-15)13-27-19-9-7-17(8-10-19)12-22-21(25)20(14-26-3)23-16(2)24/h4-11,20H,12-14H2,1-3H3,(H,22,25)(H,23,24)/t20-/m1/s1. The number of carbonyl (C=O) groups excluding carboxylic acids is 2. The maximum Gasteiger partial charge on any atom is 0.245 e. The zero-order chi connectivity index (χ0) is 19.6. The van der Waals surface area contributed by atoms with E-state index < -0.39 is 6.04 Å². The summed E-state index contributed by atoms with van der Waals surface area (Å²) in [7, 11) is 1.48. The summed E-state index contributed by atoms with van der Waals surface area (Å²) in [6.45, 7) is 4.41. The lowest BCUT2D eigenvalue weighted by Crippen LogP contribution is -2.48. The van der Waals surface area contributed by atoms with Crippen LogP contribution in [0, 0.1) is 6.92 Å². The molecular formula is C21H26N2O4. The van der Waals surface area contributed by atoms with Gasteiger partial charge in [0.25, 0.3) is 0 Å². The minimum Gasteiger partial charge on any atom is -0.489 e. The third-order valence-corrected chi connectivity index (χ3v) is 3.91. The normalized spacial score (nSPS) is 11.5. The average molecular weight is 370 g/mol. The molecule has 0 aliphatic heterocycles. The number of hydrogen-bond acceptors (Lipinski definition) is 4. The second kappa shape index (κ2) is 10.3. The molecule has 0 spiro atoms. The van der Waals surface area contributed by atoms with Crippen LogP contribution in [0.5, 0.6) is 5.75 Å². The first-order chi connectivity index (χ1) is 13.0. The van der Waals surface area contributed by atoms with Crippen molar-refractivity contribution in [2.24, 2.45) is 0 Å². The highest BCUT2D eigenvalue weighted by atomic mass is 16.5. The largest absolute Gasteiger partial charge is 0.489 e. The number of methoxy groups -OCH3 is 1. The molecule has 144 valence electrons. The molecule has 0 bridgehead atoms. The number of benzene rings is 2. The van der Waals surface area contributed by atoms with Crippen LogP contribution in [0.4, 0.5) is 0 Å². The summed E-state index contributed by atoms with van der Waals surface area (Å²) < 4.78 is 10.8. The van der Waals surface area contributed by atoms with Crippen LogP contribution in [0.25, 0.3) is 0 Å². The molecule has 0 radical (unpaired) electrons. The Morgan fingerprint density at radius 2 is 1.81 bits per heavy atom. The number of nitrogens with one attached hydrogen (secondary N) is 2. The molecular weight excluding hydrogens is 344 g/mol. The zero-order valence-electron chi connectivity index (χ0n) is 16.0. The number of amides is 2. The fraction of sp³-hybridized carbons (Fsp3) is 0.333. The maximum absolute atomic E-state index is 12.2. The van der Waals surface area contributed by atoms with Gasteiger partial charge in [0.2, 0.25) is 11.8 Å². The number of hydrogen-bond donors (Lipinski definition) is 2. The molecule has 1 atom stereocenters. The van der Waals surface area contributed by atoms with E-state index in [4.69, 9.17) is 9.47 Å². The van der Waals surface area contributed by atoms with Crippen molar-refractivity contribution in [3.63, 3.8) is 0 Å². The molecule has 0 aliphatic rings. The van der Waals surface area contributed by atoms with Crippen molar-refractivity contribution < 1.29 is 19.1 Å². The van der Waals surface area contributed by atoms with Crippen molar-refractivity contribution in [1.82, 2.24) is 10.6 Å². The van der Waals surface area contributed by atoms with Gasteiger partial charge in [0.1, 0.15) is 18.4 Å². The topological polar surface area (TPSA) is 76.7 Å². The maximum atomic E-state index is 12.2. The van der Waals surface area contributed by atoms with Crippen LogP contribution in [0.2, 0.25) is 0 Å². The van der Waals surface area contributed by atoms with Gasteiger partial charge in [-0.15, -0.1) is 0 Å². The van der Waals surface area contributed by atoms with Crippen LogP contribution >= 0.6 is 0 Å². The van der Waals surface area contributed by atoms with Crippen LogP contribution < -0.4 is 15.4 Å². The first-order valence-corrected chi connectivity index (χ1v) is 8.79. The molecule has 0 saturated carbocycles. The van der Waals surface area contributed by atoms with E-state index in [0.717, 1.165) is 16.9 Å². The lowest BCUT2D eigenvalue weighted by atomic mass is 10.1. The summed E-state index contributed by atoms with van der Waals surface area (Å²) in [6, 6.07) is 15.0. The van der Waals surface area contributed by atoms with Crippen LogP contribution in [0.15, 0.2) is 48.5 Å². The lowest BCUT2D eigenvalue weighted by Gasteiger charge is -2.16. The smallest absolute Gasteiger partial charge is 0.245 e. The summed E-state index contributed by atoms with van der Waals surface area (Å²) in [5.74, 6) is 0.205. The van der Waals surface area contributed by atoms with Crippen LogP contribution in [0.3, 0.4) is 0 Å².